The number of rotatable bonds is 1. The quantitative estimate of drug-likeness (QED) is 0.795. The minimum Gasteiger partial charge on any atom is -0.382 e. The highest BCUT2D eigenvalue weighted by atomic mass is 16.3. The fourth-order valence-corrected chi connectivity index (χ4v) is 7.49. The molecule has 1 N–H and O–H groups in total. The van der Waals surface area contributed by atoms with Gasteiger partial charge in [-0.15, -0.1) is 0 Å². The second-order valence-electron chi connectivity index (χ2n) is 9.79. The lowest BCUT2D eigenvalue weighted by Gasteiger charge is -2.57. The molecule has 0 aromatic rings. The van der Waals surface area contributed by atoms with E-state index in [1.165, 1.54) is 5.57 Å². The second-order valence-corrected chi connectivity index (χ2v) is 9.79. The van der Waals surface area contributed by atoms with Gasteiger partial charge in [0.15, 0.2) is 11.6 Å². The van der Waals surface area contributed by atoms with E-state index in [4.69, 9.17) is 0 Å². The Morgan fingerprint density at radius 1 is 1.16 bits per heavy atom. The number of carbonyl (C=O) groups is 2. The third kappa shape index (κ3) is 1.67. The lowest BCUT2D eigenvalue weighted by atomic mass is 9.47. The predicted octanol–water partition coefficient (Wildman–Crippen LogP) is 3.47. The summed E-state index contributed by atoms with van der Waals surface area (Å²) in [7, 11) is 0. The second kappa shape index (κ2) is 4.54. The van der Waals surface area contributed by atoms with Crippen LogP contribution in [0.1, 0.15) is 52.9 Å². The minimum atomic E-state index is -1.15. The van der Waals surface area contributed by atoms with E-state index in [1.807, 2.05) is 6.08 Å². The number of ketones is 2. The van der Waals surface area contributed by atoms with Crippen LogP contribution in [0, 0.1) is 40.4 Å². The number of hydrogen-bond donors (Lipinski definition) is 1. The van der Waals surface area contributed by atoms with E-state index >= 15 is 0 Å². The van der Waals surface area contributed by atoms with E-state index in [1.54, 1.807) is 6.92 Å². The molecule has 0 amide bonds. The number of allylic oxidation sites excluding steroid dienone is 4. The van der Waals surface area contributed by atoms with E-state index in [0.717, 1.165) is 25.7 Å². The van der Waals surface area contributed by atoms with Crippen LogP contribution in [0.4, 0.5) is 0 Å². The van der Waals surface area contributed by atoms with Gasteiger partial charge in [0, 0.05) is 11.3 Å². The van der Waals surface area contributed by atoms with Crippen LogP contribution in [0.25, 0.3) is 0 Å². The zero-order valence-electron chi connectivity index (χ0n) is 15.4. The average molecular weight is 340 g/mol. The molecule has 5 rings (SSSR count). The first-order valence-electron chi connectivity index (χ1n) is 9.91. The molecular formula is C22H28O3. The van der Waals surface area contributed by atoms with Crippen molar-refractivity contribution in [3.63, 3.8) is 0 Å². The van der Waals surface area contributed by atoms with Crippen molar-refractivity contribution in [2.45, 2.75) is 58.5 Å². The summed E-state index contributed by atoms with van der Waals surface area (Å²) in [5.74, 6) is 2.36. The van der Waals surface area contributed by atoms with Crippen molar-refractivity contribution in [1.29, 1.82) is 0 Å². The molecular weight excluding hydrogens is 312 g/mol. The average Bonchev–Trinajstić information content (AvgIpc) is 3.32. The zero-order valence-corrected chi connectivity index (χ0v) is 15.4. The van der Waals surface area contributed by atoms with E-state index in [9.17, 15) is 14.7 Å². The van der Waals surface area contributed by atoms with E-state index in [-0.39, 0.29) is 22.5 Å². The molecule has 5 aliphatic rings. The largest absolute Gasteiger partial charge is 0.382 e. The van der Waals surface area contributed by atoms with Crippen LogP contribution in [0.2, 0.25) is 0 Å². The maximum Gasteiger partial charge on any atom is 0.161 e. The Balaban J connectivity index is 1.58. The summed E-state index contributed by atoms with van der Waals surface area (Å²) in [5.41, 5.74) is -0.120. The molecule has 8 atom stereocenters. The van der Waals surface area contributed by atoms with Crippen molar-refractivity contribution in [3.8, 4) is 0 Å². The fourth-order valence-electron chi connectivity index (χ4n) is 7.49. The van der Waals surface area contributed by atoms with Crippen molar-refractivity contribution in [2.24, 2.45) is 40.4 Å². The molecule has 0 spiro atoms. The maximum atomic E-state index is 12.3. The summed E-state index contributed by atoms with van der Waals surface area (Å²) < 4.78 is 0. The first-order valence-corrected chi connectivity index (χ1v) is 9.91. The summed E-state index contributed by atoms with van der Waals surface area (Å²) >= 11 is 0. The summed E-state index contributed by atoms with van der Waals surface area (Å²) in [6, 6.07) is 0. The molecule has 0 heterocycles. The Bertz CT molecular complexity index is 748. The van der Waals surface area contributed by atoms with Crippen molar-refractivity contribution in [2.75, 3.05) is 0 Å². The first kappa shape index (κ1) is 16.0. The van der Waals surface area contributed by atoms with Crippen molar-refractivity contribution in [3.05, 3.63) is 23.8 Å². The van der Waals surface area contributed by atoms with Gasteiger partial charge < -0.3 is 5.11 Å². The number of carbonyl (C=O) groups excluding carboxylic acids is 2. The monoisotopic (exact) mass is 340 g/mol. The molecule has 0 aromatic carbocycles. The summed E-state index contributed by atoms with van der Waals surface area (Å²) in [5, 5.41) is 11.2. The molecule has 1 unspecified atom stereocenters. The van der Waals surface area contributed by atoms with Gasteiger partial charge in [0.1, 0.15) is 5.60 Å². The number of Topliss-reactive ketones (excluding diaryl/α,β-unsaturated/α-hetero) is 1. The van der Waals surface area contributed by atoms with Crippen LogP contribution in [-0.2, 0) is 9.59 Å². The standard InChI is InChI=1S/C22H28O3/c1-12(23)22(25)9-7-16-14-5-4-13-10-19(24)15-11-18(15)21(13,3)17(14)6-8-20(16,22)2/h4-5,10,14-18,25H,6-9,11H2,1-3H3/t14-,15+,16-,17-,18?,20-,21-,22-/m0/s1. The number of aliphatic hydroxyl groups is 1. The SMILES string of the molecule is CC(=O)[C@@]1(O)CC[C@H]2[C@@H]3C=CC4=CC(=O)[C@@H]5CC5[C@]4(C)[C@H]3CC[C@@]21C. The molecule has 25 heavy (non-hydrogen) atoms. The lowest BCUT2D eigenvalue weighted by Crippen LogP contribution is -2.56. The van der Waals surface area contributed by atoms with E-state index in [0.29, 0.717) is 35.9 Å². The van der Waals surface area contributed by atoms with Gasteiger partial charge in [0.25, 0.3) is 0 Å². The zero-order chi connectivity index (χ0) is 17.8. The molecule has 0 radical (unpaired) electrons. The fraction of sp³-hybridized carbons (Fsp3) is 0.727. The van der Waals surface area contributed by atoms with Gasteiger partial charge in [-0.05, 0) is 79.8 Å². The van der Waals surface area contributed by atoms with Crippen LogP contribution in [0.3, 0.4) is 0 Å². The Labute approximate surface area is 149 Å². The van der Waals surface area contributed by atoms with Crippen molar-refractivity contribution >= 4 is 11.6 Å². The lowest BCUT2D eigenvalue weighted by molar-refractivity contribution is -0.156. The molecule has 0 aliphatic heterocycles. The molecule has 3 saturated carbocycles. The first-order chi connectivity index (χ1) is 11.7. The van der Waals surface area contributed by atoms with Gasteiger partial charge in [0.05, 0.1) is 0 Å². The van der Waals surface area contributed by atoms with Gasteiger partial charge in [0.2, 0.25) is 0 Å². The molecule has 0 saturated heterocycles. The van der Waals surface area contributed by atoms with Crippen LogP contribution in [-0.4, -0.2) is 22.3 Å². The highest BCUT2D eigenvalue weighted by Crippen LogP contribution is 2.70. The highest BCUT2D eigenvalue weighted by molar-refractivity contribution is 5.97. The van der Waals surface area contributed by atoms with Crippen LogP contribution in [0.5, 0.6) is 0 Å². The normalized spacial score (nSPS) is 55.6. The molecule has 134 valence electrons. The van der Waals surface area contributed by atoms with Gasteiger partial charge in [-0.25, -0.2) is 0 Å². The minimum absolute atomic E-state index is 0.0620. The number of fused-ring (bicyclic) bond motifs is 7. The van der Waals surface area contributed by atoms with Crippen LogP contribution >= 0.6 is 0 Å². The topological polar surface area (TPSA) is 54.4 Å². The molecule has 3 nitrogen and oxygen atoms in total. The predicted molar refractivity (Wildman–Crippen MR) is 94.6 cm³/mol. The van der Waals surface area contributed by atoms with E-state index in [2.05, 4.69) is 26.0 Å². The van der Waals surface area contributed by atoms with Gasteiger partial charge >= 0.3 is 0 Å². The molecule has 0 aromatic heterocycles. The summed E-state index contributed by atoms with van der Waals surface area (Å²) in [6.07, 6.45) is 11.0. The van der Waals surface area contributed by atoms with Gasteiger partial charge in [-0.1, -0.05) is 26.0 Å². The van der Waals surface area contributed by atoms with Crippen molar-refractivity contribution < 1.29 is 14.7 Å². The molecule has 5 aliphatic carbocycles. The summed E-state index contributed by atoms with van der Waals surface area (Å²) in [6.45, 7) is 6.08. The number of hydrogen-bond acceptors (Lipinski definition) is 3. The Morgan fingerprint density at radius 3 is 2.60 bits per heavy atom. The van der Waals surface area contributed by atoms with Gasteiger partial charge in [-0.3, -0.25) is 9.59 Å². The summed E-state index contributed by atoms with van der Waals surface area (Å²) in [4.78, 5) is 24.5. The molecule has 0 bridgehead atoms. The van der Waals surface area contributed by atoms with Gasteiger partial charge in [-0.2, -0.15) is 0 Å². The third-order valence-electron chi connectivity index (χ3n) is 9.18. The highest BCUT2D eigenvalue weighted by Gasteiger charge is 2.68. The Kier molecular flexibility index (Phi) is 2.90. The molecule has 3 heteroatoms. The van der Waals surface area contributed by atoms with E-state index < -0.39 is 5.60 Å². The third-order valence-corrected chi connectivity index (χ3v) is 9.18. The van der Waals surface area contributed by atoms with Crippen LogP contribution in [0.15, 0.2) is 23.8 Å². The van der Waals surface area contributed by atoms with Crippen molar-refractivity contribution in [1.82, 2.24) is 0 Å². The Hall–Kier alpha value is -1.22. The maximum absolute atomic E-state index is 12.3. The Morgan fingerprint density at radius 2 is 1.88 bits per heavy atom. The van der Waals surface area contributed by atoms with Crippen LogP contribution < -0.4 is 0 Å². The molecule has 3 fully saturated rings. The smallest absolute Gasteiger partial charge is 0.161 e.